The van der Waals surface area contributed by atoms with Crippen LogP contribution in [0.3, 0.4) is 0 Å². The van der Waals surface area contributed by atoms with E-state index in [9.17, 15) is 4.79 Å². The van der Waals surface area contributed by atoms with Gasteiger partial charge in [-0.2, -0.15) is 0 Å². The van der Waals surface area contributed by atoms with E-state index in [4.69, 9.17) is 4.74 Å². The summed E-state index contributed by atoms with van der Waals surface area (Å²) in [6, 6.07) is 10.0. The highest BCUT2D eigenvalue weighted by atomic mass is 32.1. The molecule has 0 atom stereocenters. The molecule has 82 valence electrons. The van der Waals surface area contributed by atoms with Gasteiger partial charge >= 0.3 is 0 Å². The van der Waals surface area contributed by atoms with Crippen LogP contribution >= 0.6 is 11.3 Å². The lowest BCUT2D eigenvalue weighted by Crippen LogP contribution is -1.93. The summed E-state index contributed by atoms with van der Waals surface area (Å²) in [7, 11) is 1.63. The number of carbonyl (C=O) groups excluding carboxylic acids is 1. The Morgan fingerprint density at radius 2 is 2.25 bits per heavy atom. The first kappa shape index (κ1) is 10.9. The molecule has 2 rings (SSSR count). The van der Waals surface area contributed by atoms with Crippen molar-refractivity contribution in [3.05, 3.63) is 41.3 Å². The third kappa shape index (κ3) is 2.14. The van der Waals surface area contributed by atoms with Gasteiger partial charge < -0.3 is 9.53 Å². The van der Waals surface area contributed by atoms with Crippen molar-refractivity contribution < 1.29 is 9.53 Å². The summed E-state index contributed by atoms with van der Waals surface area (Å²) in [5, 5.41) is 2.04. The van der Waals surface area contributed by atoms with Gasteiger partial charge in [0.15, 0.2) is 0 Å². The van der Waals surface area contributed by atoms with E-state index in [2.05, 4.69) is 6.07 Å². The average Bonchev–Trinajstić information content (AvgIpc) is 2.83. The molecule has 0 aliphatic rings. The number of carbonyl (C=O) groups is 1. The number of ether oxygens (including phenoxy) is 1. The fourth-order valence-corrected chi connectivity index (χ4v) is 2.32. The van der Waals surface area contributed by atoms with E-state index in [1.165, 1.54) is 4.88 Å². The summed E-state index contributed by atoms with van der Waals surface area (Å²) >= 11 is 1.69. The Hall–Kier alpha value is -1.61. The predicted octanol–water partition coefficient (Wildman–Crippen LogP) is 3.17. The van der Waals surface area contributed by atoms with Gasteiger partial charge in [0.25, 0.3) is 0 Å². The minimum Gasteiger partial charge on any atom is -0.496 e. The minimum atomic E-state index is 0.397. The Balaban J connectivity index is 2.40. The van der Waals surface area contributed by atoms with Crippen molar-refractivity contribution in [2.45, 2.75) is 6.42 Å². The summed E-state index contributed by atoms with van der Waals surface area (Å²) in [6.45, 7) is 0. The molecule has 0 unspecified atom stereocenters. The molecule has 2 aromatic rings. The summed E-state index contributed by atoms with van der Waals surface area (Å²) < 4.78 is 5.28. The molecule has 3 heteroatoms. The van der Waals surface area contributed by atoms with E-state index in [0.717, 1.165) is 23.2 Å². The summed E-state index contributed by atoms with van der Waals surface area (Å²) in [5.41, 5.74) is 2.05. The van der Waals surface area contributed by atoms with Crippen LogP contribution in [0.4, 0.5) is 0 Å². The van der Waals surface area contributed by atoms with E-state index in [1.807, 2.05) is 29.6 Å². The van der Waals surface area contributed by atoms with E-state index < -0.39 is 0 Å². The van der Waals surface area contributed by atoms with Crippen molar-refractivity contribution in [3.8, 4) is 16.2 Å². The van der Waals surface area contributed by atoms with Gasteiger partial charge in [0.05, 0.1) is 7.11 Å². The maximum Gasteiger partial charge on any atom is 0.124 e. The van der Waals surface area contributed by atoms with Gasteiger partial charge in [-0.15, -0.1) is 11.3 Å². The van der Waals surface area contributed by atoms with Crippen LogP contribution in [0.15, 0.2) is 35.7 Å². The monoisotopic (exact) mass is 232 g/mol. The predicted molar refractivity (Wildman–Crippen MR) is 66.1 cm³/mol. The van der Waals surface area contributed by atoms with Crippen molar-refractivity contribution in [1.29, 1.82) is 0 Å². The van der Waals surface area contributed by atoms with Crippen molar-refractivity contribution >= 4 is 17.6 Å². The number of benzene rings is 1. The fourth-order valence-electron chi connectivity index (χ4n) is 1.60. The molecule has 0 amide bonds. The molecule has 0 fully saturated rings. The number of hydrogen-bond acceptors (Lipinski definition) is 3. The van der Waals surface area contributed by atoms with Crippen LogP contribution in [0.5, 0.6) is 5.75 Å². The molecule has 0 bridgehead atoms. The van der Waals surface area contributed by atoms with Crippen LogP contribution in [-0.2, 0) is 11.2 Å². The summed E-state index contributed by atoms with van der Waals surface area (Å²) in [6.07, 6.45) is 1.29. The molecule has 1 aromatic carbocycles. The van der Waals surface area contributed by atoms with Gasteiger partial charge in [0.1, 0.15) is 12.0 Å². The van der Waals surface area contributed by atoms with Crippen LogP contribution in [0.1, 0.15) is 5.56 Å². The lowest BCUT2D eigenvalue weighted by Gasteiger charge is -2.07. The largest absolute Gasteiger partial charge is 0.496 e. The van der Waals surface area contributed by atoms with Gasteiger partial charge in [-0.05, 0) is 23.1 Å². The van der Waals surface area contributed by atoms with Crippen molar-refractivity contribution in [3.63, 3.8) is 0 Å². The molecule has 0 N–H and O–H groups in total. The number of rotatable bonds is 4. The highest BCUT2D eigenvalue weighted by molar-refractivity contribution is 7.13. The minimum absolute atomic E-state index is 0.397. The SMILES string of the molecule is COc1cc(-c2cccs2)ccc1CC=O. The Morgan fingerprint density at radius 3 is 2.88 bits per heavy atom. The zero-order valence-electron chi connectivity index (χ0n) is 8.97. The van der Waals surface area contributed by atoms with E-state index in [0.29, 0.717) is 6.42 Å². The second-order valence-electron chi connectivity index (χ2n) is 3.37. The summed E-state index contributed by atoms with van der Waals surface area (Å²) in [5.74, 6) is 0.776. The van der Waals surface area contributed by atoms with Crippen LogP contribution in [-0.4, -0.2) is 13.4 Å². The molecule has 0 aliphatic heterocycles. The van der Waals surface area contributed by atoms with Crippen molar-refractivity contribution in [1.82, 2.24) is 0 Å². The Labute approximate surface area is 98.5 Å². The van der Waals surface area contributed by atoms with Gasteiger partial charge in [-0.1, -0.05) is 18.2 Å². The Morgan fingerprint density at radius 1 is 1.38 bits per heavy atom. The maximum absolute atomic E-state index is 10.5. The van der Waals surface area contributed by atoms with Crippen LogP contribution in [0.25, 0.3) is 10.4 Å². The molecule has 0 spiro atoms. The highest BCUT2D eigenvalue weighted by Crippen LogP contribution is 2.30. The topological polar surface area (TPSA) is 26.3 Å². The quantitative estimate of drug-likeness (QED) is 0.757. The first-order valence-corrected chi connectivity index (χ1v) is 5.87. The summed E-state index contributed by atoms with van der Waals surface area (Å²) in [4.78, 5) is 11.7. The Bertz CT molecular complexity index is 475. The number of hydrogen-bond donors (Lipinski definition) is 0. The van der Waals surface area contributed by atoms with Crippen LogP contribution < -0.4 is 4.74 Å². The second-order valence-corrected chi connectivity index (χ2v) is 4.32. The molecule has 2 nitrogen and oxygen atoms in total. The second kappa shape index (κ2) is 4.94. The lowest BCUT2D eigenvalue weighted by atomic mass is 10.1. The van der Waals surface area contributed by atoms with Crippen molar-refractivity contribution in [2.75, 3.05) is 7.11 Å². The number of aldehydes is 1. The fraction of sp³-hybridized carbons (Fsp3) is 0.154. The molecule has 0 radical (unpaired) electrons. The smallest absolute Gasteiger partial charge is 0.124 e. The zero-order chi connectivity index (χ0) is 11.4. The third-order valence-electron chi connectivity index (χ3n) is 2.40. The average molecular weight is 232 g/mol. The molecule has 0 aliphatic carbocycles. The zero-order valence-corrected chi connectivity index (χ0v) is 9.79. The van der Waals surface area contributed by atoms with Gasteiger partial charge in [0.2, 0.25) is 0 Å². The van der Waals surface area contributed by atoms with E-state index >= 15 is 0 Å². The lowest BCUT2D eigenvalue weighted by molar-refractivity contribution is -0.107. The first-order valence-electron chi connectivity index (χ1n) is 4.99. The molecule has 16 heavy (non-hydrogen) atoms. The molecule has 1 aromatic heterocycles. The van der Waals surface area contributed by atoms with Crippen molar-refractivity contribution in [2.24, 2.45) is 0 Å². The van der Waals surface area contributed by atoms with Gasteiger partial charge in [-0.25, -0.2) is 0 Å². The number of thiophene rings is 1. The van der Waals surface area contributed by atoms with Crippen LogP contribution in [0, 0.1) is 0 Å². The maximum atomic E-state index is 10.5. The molecular weight excluding hydrogens is 220 g/mol. The molecular formula is C13H12O2S. The molecule has 0 saturated heterocycles. The van der Waals surface area contributed by atoms with Gasteiger partial charge in [0, 0.05) is 16.9 Å². The molecule has 1 heterocycles. The van der Waals surface area contributed by atoms with E-state index in [1.54, 1.807) is 18.4 Å². The highest BCUT2D eigenvalue weighted by Gasteiger charge is 2.05. The van der Waals surface area contributed by atoms with Crippen LogP contribution in [0.2, 0.25) is 0 Å². The third-order valence-corrected chi connectivity index (χ3v) is 3.31. The first-order chi connectivity index (χ1) is 7.85. The number of methoxy groups -OCH3 is 1. The van der Waals surface area contributed by atoms with Gasteiger partial charge in [-0.3, -0.25) is 0 Å². The standard InChI is InChI=1S/C13H12O2S/c1-15-12-9-11(13-3-2-8-16-13)5-4-10(12)6-7-14/h2-5,7-9H,6H2,1H3. The molecule has 0 saturated carbocycles. The van der Waals surface area contributed by atoms with E-state index in [-0.39, 0.29) is 0 Å². The Kier molecular flexibility index (Phi) is 3.37. The normalized spacial score (nSPS) is 10.1.